The van der Waals surface area contributed by atoms with Crippen LogP contribution < -0.4 is 5.43 Å². The van der Waals surface area contributed by atoms with Crippen LogP contribution in [0.15, 0.2) is 41.7 Å². The number of nitrogens with zero attached hydrogens (tertiary/aromatic N) is 2. The molecular formula is C21H22N4O5. The van der Waals surface area contributed by atoms with Crippen LogP contribution in [0.3, 0.4) is 0 Å². The van der Waals surface area contributed by atoms with Gasteiger partial charge in [-0.25, -0.2) is 14.8 Å². The average molecular weight is 410 g/mol. The van der Waals surface area contributed by atoms with Gasteiger partial charge in [-0.3, -0.25) is 10.2 Å². The number of ketones is 1. The van der Waals surface area contributed by atoms with E-state index in [4.69, 9.17) is 14.2 Å². The topological polar surface area (TPSA) is 106 Å². The zero-order valence-electron chi connectivity index (χ0n) is 16.3. The van der Waals surface area contributed by atoms with Crippen molar-refractivity contribution in [3.63, 3.8) is 0 Å². The summed E-state index contributed by atoms with van der Waals surface area (Å²) >= 11 is 0. The van der Waals surface area contributed by atoms with Crippen molar-refractivity contribution in [3.8, 4) is 0 Å². The van der Waals surface area contributed by atoms with Crippen LogP contribution in [-0.2, 0) is 23.8 Å². The second-order valence-electron chi connectivity index (χ2n) is 7.54. The number of nitrogens with one attached hydrogen (secondary N) is 2. The number of Topliss-reactive ketones (excluding diaryl/α,β-unsaturated/α-hetero) is 1. The molecule has 30 heavy (non-hydrogen) atoms. The first kappa shape index (κ1) is 18.8. The molecule has 2 aromatic heterocycles. The van der Waals surface area contributed by atoms with Gasteiger partial charge in [-0.05, 0) is 37.0 Å². The van der Waals surface area contributed by atoms with E-state index in [9.17, 15) is 9.59 Å². The van der Waals surface area contributed by atoms with Gasteiger partial charge in [-0.15, -0.1) is 0 Å². The SMILES string of the molecule is O=C(OCC1CC1)C1=C(NN2CCOCC2)O/C(=C\c2c[nH]c3ncccc23)C1=O. The first-order chi connectivity index (χ1) is 14.7. The van der Waals surface area contributed by atoms with Gasteiger partial charge in [0.05, 0.1) is 19.8 Å². The summed E-state index contributed by atoms with van der Waals surface area (Å²) in [6.45, 7) is 2.66. The third-order valence-electron chi connectivity index (χ3n) is 5.28. The van der Waals surface area contributed by atoms with Crippen molar-refractivity contribution in [1.29, 1.82) is 0 Å². The number of carbonyl (C=O) groups is 2. The molecule has 0 bridgehead atoms. The lowest BCUT2D eigenvalue weighted by Gasteiger charge is -2.27. The van der Waals surface area contributed by atoms with E-state index in [0.717, 1.165) is 23.8 Å². The van der Waals surface area contributed by atoms with Crippen molar-refractivity contribution in [1.82, 2.24) is 20.4 Å². The van der Waals surface area contributed by atoms with Crippen LogP contribution in [0.4, 0.5) is 0 Å². The summed E-state index contributed by atoms with van der Waals surface area (Å²) in [7, 11) is 0. The van der Waals surface area contributed by atoms with Crippen molar-refractivity contribution in [2.24, 2.45) is 5.92 Å². The van der Waals surface area contributed by atoms with E-state index in [-0.39, 0.29) is 17.2 Å². The zero-order chi connectivity index (χ0) is 20.5. The van der Waals surface area contributed by atoms with Crippen molar-refractivity contribution >= 4 is 28.9 Å². The number of pyridine rings is 1. The van der Waals surface area contributed by atoms with Crippen molar-refractivity contribution in [2.75, 3.05) is 32.9 Å². The predicted octanol–water partition coefficient (Wildman–Crippen LogP) is 1.50. The van der Waals surface area contributed by atoms with Crippen molar-refractivity contribution in [2.45, 2.75) is 12.8 Å². The molecule has 0 radical (unpaired) electrons. The molecule has 2 N–H and O–H groups in total. The van der Waals surface area contributed by atoms with E-state index < -0.39 is 11.8 Å². The molecule has 0 unspecified atom stereocenters. The van der Waals surface area contributed by atoms with Gasteiger partial charge in [-0.1, -0.05) is 0 Å². The number of allylic oxidation sites excluding steroid dienone is 1. The highest BCUT2D eigenvalue weighted by Crippen LogP contribution is 2.31. The largest absolute Gasteiger partial charge is 0.462 e. The Balaban J connectivity index is 1.42. The Morgan fingerprint density at radius 3 is 3.00 bits per heavy atom. The van der Waals surface area contributed by atoms with Gasteiger partial charge in [0.25, 0.3) is 0 Å². The number of aromatic nitrogens is 2. The number of hydrazine groups is 1. The lowest BCUT2D eigenvalue weighted by Crippen LogP contribution is -2.45. The third kappa shape index (κ3) is 3.81. The van der Waals surface area contributed by atoms with Gasteiger partial charge in [-0.2, -0.15) is 0 Å². The Hall–Kier alpha value is -3.17. The Morgan fingerprint density at radius 2 is 2.20 bits per heavy atom. The van der Waals surface area contributed by atoms with Crippen LogP contribution >= 0.6 is 0 Å². The Labute approximate surface area is 172 Å². The van der Waals surface area contributed by atoms with E-state index in [2.05, 4.69) is 15.4 Å². The minimum Gasteiger partial charge on any atom is -0.462 e. The van der Waals surface area contributed by atoms with Gasteiger partial charge in [0.2, 0.25) is 11.7 Å². The fraction of sp³-hybridized carbons (Fsp3) is 0.381. The van der Waals surface area contributed by atoms with Gasteiger partial charge in [0.1, 0.15) is 5.65 Å². The fourth-order valence-electron chi connectivity index (χ4n) is 3.40. The molecule has 2 fully saturated rings. The normalized spacial score (nSPS) is 21.3. The highest BCUT2D eigenvalue weighted by molar-refractivity contribution is 6.26. The number of carbonyl (C=O) groups excluding carboxylic acids is 2. The molecular weight excluding hydrogens is 388 g/mol. The highest BCUT2D eigenvalue weighted by Gasteiger charge is 2.38. The fourth-order valence-corrected chi connectivity index (χ4v) is 3.40. The predicted molar refractivity (Wildman–Crippen MR) is 106 cm³/mol. The van der Waals surface area contributed by atoms with Crippen LogP contribution in [0.2, 0.25) is 0 Å². The molecule has 3 aliphatic rings. The van der Waals surface area contributed by atoms with Crippen LogP contribution in [-0.4, -0.2) is 59.6 Å². The molecule has 156 valence electrons. The first-order valence-corrected chi connectivity index (χ1v) is 10.1. The first-order valence-electron chi connectivity index (χ1n) is 10.1. The van der Waals surface area contributed by atoms with E-state index in [1.165, 1.54) is 0 Å². The molecule has 0 amide bonds. The molecule has 1 aliphatic carbocycles. The minimum atomic E-state index is -0.661. The highest BCUT2D eigenvalue weighted by atomic mass is 16.5. The number of fused-ring (bicyclic) bond motifs is 1. The second-order valence-corrected chi connectivity index (χ2v) is 7.54. The summed E-state index contributed by atoms with van der Waals surface area (Å²) in [5.41, 5.74) is 4.41. The molecule has 0 atom stereocenters. The Bertz CT molecular complexity index is 1050. The minimum absolute atomic E-state index is 0.0638. The molecule has 2 aliphatic heterocycles. The molecule has 4 heterocycles. The number of aromatic amines is 1. The summed E-state index contributed by atoms with van der Waals surface area (Å²) < 4.78 is 16.5. The summed E-state index contributed by atoms with van der Waals surface area (Å²) in [5, 5.41) is 2.72. The number of hydrogen-bond acceptors (Lipinski definition) is 8. The lowest BCUT2D eigenvalue weighted by atomic mass is 10.1. The van der Waals surface area contributed by atoms with Crippen LogP contribution in [0.1, 0.15) is 18.4 Å². The average Bonchev–Trinajstić information content (AvgIpc) is 3.44. The number of hydrogen-bond donors (Lipinski definition) is 2. The molecule has 1 saturated carbocycles. The smallest absolute Gasteiger partial charge is 0.347 e. The number of morpholine rings is 1. The lowest BCUT2D eigenvalue weighted by molar-refractivity contribution is -0.140. The quantitative estimate of drug-likeness (QED) is 0.419. The van der Waals surface area contributed by atoms with Crippen molar-refractivity contribution in [3.05, 3.63) is 47.3 Å². The number of H-pyrrole nitrogens is 1. The summed E-state index contributed by atoms with van der Waals surface area (Å²) in [6.07, 6.45) is 7.16. The van der Waals surface area contributed by atoms with Gasteiger partial charge in [0.15, 0.2) is 11.3 Å². The van der Waals surface area contributed by atoms with Gasteiger partial charge < -0.3 is 19.2 Å². The molecule has 1 saturated heterocycles. The second kappa shape index (κ2) is 7.92. The number of rotatable bonds is 6. The molecule has 9 nitrogen and oxygen atoms in total. The van der Waals surface area contributed by atoms with Crippen LogP contribution in [0, 0.1) is 5.92 Å². The Kier molecular flexibility index (Phi) is 4.97. The third-order valence-corrected chi connectivity index (χ3v) is 5.28. The number of esters is 1. The standard InChI is InChI=1S/C21H22N4O5/c26-18-16(10-14-11-23-19-15(14)2-1-5-22-19)30-20(24-25-6-8-28-9-7-25)17(18)21(27)29-12-13-3-4-13/h1-2,5,10-11,13,24H,3-4,6-9,12H2,(H,22,23)/b16-10-. The summed E-state index contributed by atoms with van der Waals surface area (Å²) in [5.74, 6) is -0.589. The summed E-state index contributed by atoms with van der Waals surface area (Å²) in [4.78, 5) is 33.1. The summed E-state index contributed by atoms with van der Waals surface area (Å²) in [6, 6.07) is 3.72. The molecule has 0 aromatic carbocycles. The molecule has 9 heteroatoms. The van der Waals surface area contributed by atoms with Crippen LogP contribution in [0.25, 0.3) is 17.1 Å². The zero-order valence-corrected chi connectivity index (χ0v) is 16.3. The van der Waals surface area contributed by atoms with Crippen LogP contribution in [0.5, 0.6) is 0 Å². The van der Waals surface area contributed by atoms with E-state index in [1.54, 1.807) is 18.5 Å². The van der Waals surface area contributed by atoms with Gasteiger partial charge >= 0.3 is 5.97 Å². The van der Waals surface area contributed by atoms with E-state index >= 15 is 0 Å². The van der Waals surface area contributed by atoms with E-state index in [0.29, 0.717) is 44.5 Å². The van der Waals surface area contributed by atoms with Gasteiger partial charge in [0, 0.05) is 36.4 Å². The molecule has 0 spiro atoms. The Morgan fingerprint density at radius 1 is 1.37 bits per heavy atom. The maximum Gasteiger partial charge on any atom is 0.347 e. The maximum atomic E-state index is 13.1. The maximum absolute atomic E-state index is 13.1. The molecule has 5 rings (SSSR count). The monoisotopic (exact) mass is 410 g/mol. The van der Waals surface area contributed by atoms with Crippen molar-refractivity contribution < 1.29 is 23.8 Å². The van der Waals surface area contributed by atoms with E-state index in [1.807, 2.05) is 17.1 Å². The molecule has 2 aromatic rings. The number of ether oxygens (including phenoxy) is 3.